The second-order valence-corrected chi connectivity index (χ2v) is 12.2. The van der Waals surface area contributed by atoms with Crippen molar-refractivity contribution in [2.75, 3.05) is 19.8 Å². The van der Waals surface area contributed by atoms with Gasteiger partial charge >= 0.3 is 5.97 Å². The van der Waals surface area contributed by atoms with Gasteiger partial charge in [0.2, 0.25) is 15.9 Å². The van der Waals surface area contributed by atoms with Gasteiger partial charge in [-0.2, -0.15) is 0 Å². The lowest BCUT2D eigenvalue weighted by molar-refractivity contribution is -0.146. The number of amides is 1. The van der Waals surface area contributed by atoms with E-state index in [2.05, 4.69) is 4.72 Å². The van der Waals surface area contributed by atoms with Gasteiger partial charge in [0.1, 0.15) is 0 Å². The lowest BCUT2D eigenvalue weighted by atomic mass is 9.85. The molecule has 0 spiro atoms. The van der Waals surface area contributed by atoms with Crippen molar-refractivity contribution < 1.29 is 27.9 Å². The van der Waals surface area contributed by atoms with Crippen molar-refractivity contribution in [1.29, 1.82) is 0 Å². The Labute approximate surface area is 211 Å². The number of nitrogens with zero attached hydrogens (tertiary/aromatic N) is 2. The van der Waals surface area contributed by atoms with E-state index >= 15 is 0 Å². The molecule has 0 bridgehead atoms. The number of carbonyl (C=O) groups excluding carboxylic acids is 1. The van der Waals surface area contributed by atoms with E-state index < -0.39 is 16.0 Å². The predicted molar refractivity (Wildman–Crippen MR) is 134 cm³/mol. The first kappa shape index (κ1) is 25.2. The van der Waals surface area contributed by atoms with Gasteiger partial charge in [-0.15, -0.1) is 0 Å². The molecule has 36 heavy (non-hydrogen) atoms. The molecule has 1 atom stereocenters. The number of aliphatic carboxylic acids is 1. The molecule has 1 amide bonds. The number of benzene rings is 1. The average molecular weight is 518 g/mol. The summed E-state index contributed by atoms with van der Waals surface area (Å²) in [6, 6.07) is 5.00. The summed E-state index contributed by atoms with van der Waals surface area (Å²) in [4.78, 5) is 26.5. The molecule has 3 aliphatic rings. The Morgan fingerprint density at radius 3 is 2.58 bits per heavy atom. The standard InChI is InChI=1S/C26H35N3O6S/c1-28-15-19(6-11-25(30)31)22-14-21(9-10-23(22)28)36(33,34)27-20-7-4-18(5-8-20)26(32)29-12-13-35-16-24(29)17-2-3-17/h9-10,14-15,17-18,20,24,27H,2-8,11-13,16H2,1H3,(H,30,31)/t18-,20-,24-/m1/s1. The van der Waals surface area contributed by atoms with E-state index in [9.17, 15) is 18.0 Å². The van der Waals surface area contributed by atoms with Gasteiger partial charge in [-0.3, -0.25) is 9.59 Å². The largest absolute Gasteiger partial charge is 0.481 e. The van der Waals surface area contributed by atoms with Crippen LogP contribution in [0, 0.1) is 11.8 Å². The third-order valence-corrected chi connectivity index (χ3v) is 9.49. The van der Waals surface area contributed by atoms with Crippen LogP contribution in [-0.2, 0) is 37.8 Å². The fourth-order valence-corrected chi connectivity index (χ4v) is 7.14. The monoisotopic (exact) mass is 517 g/mol. The molecule has 1 aromatic heterocycles. The Morgan fingerprint density at radius 2 is 1.89 bits per heavy atom. The molecule has 1 aromatic carbocycles. The molecule has 0 radical (unpaired) electrons. The van der Waals surface area contributed by atoms with E-state index in [1.54, 1.807) is 18.2 Å². The Morgan fingerprint density at radius 1 is 1.14 bits per heavy atom. The van der Waals surface area contributed by atoms with E-state index in [4.69, 9.17) is 9.84 Å². The number of aryl methyl sites for hydroxylation is 2. The van der Waals surface area contributed by atoms with Gasteiger partial charge in [-0.1, -0.05) is 0 Å². The Hall–Kier alpha value is -2.43. The quantitative estimate of drug-likeness (QED) is 0.556. The van der Waals surface area contributed by atoms with Crippen LogP contribution in [0.15, 0.2) is 29.3 Å². The fraction of sp³-hybridized carbons (Fsp3) is 0.615. The van der Waals surface area contributed by atoms with Crippen LogP contribution >= 0.6 is 0 Å². The topological polar surface area (TPSA) is 118 Å². The number of carboxylic acid groups (broad SMARTS) is 1. The molecule has 1 aliphatic heterocycles. The molecule has 2 heterocycles. The molecule has 5 rings (SSSR count). The molecule has 2 saturated carbocycles. The van der Waals surface area contributed by atoms with Crippen molar-refractivity contribution in [2.24, 2.45) is 18.9 Å². The minimum atomic E-state index is -3.75. The summed E-state index contributed by atoms with van der Waals surface area (Å²) in [5, 5.41) is 9.80. The van der Waals surface area contributed by atoms with Crippen LogP contribution in [0.25, 0.3) is 10.9 Å². The Balaban J connectivity index is 1.23. The smallest absolute Gasteiger partial charge is 0.303 e. The second-order valence-electron chi connectivity index (χ2n) is 10.5. The molecule has 196 valence electrons. The summed E-state index contributed by atoms with van der Waals surface area (Å²) < 4.78 is 36.8. The number of sulfonamides is 1. The van der Waals surface area contributed by atoms with Crippen molar-refractivity contribution in [3.8, 4) is 0 Å². The third kappa shape index (κ3) is 5.31. The molecule has 10 heteroatoms. The van der Waals surface area contributed by atoms with E-state index in [-0.39, 0.29) is 35.2 Å². The first-order chi connectivity index (χ1) is 17.2. The maximum Gasteiger partial charge on any atom is 0.303 e. The highest BCUT2D eigenvalue weighted by molar-refractivity contribution is 7.89. The number of nitrogens with one attached hydrogen (secondary N) is 1. The van der Waals surface area contributed by atoms with E-state index in [1.165, 1.54) is 12.8 Å². The van der Waals surface area contributed by atoms with Crippen LogP contribution in [0.4, 0.5) is 0 Å². The van der Waals surface area contributed by atoms with Crippen molar-refractivity contribution in [1.82, 2.24) is 14.2 Å². The number of aromatic nitrogens is 1. The highest BCUT2D eigenvalue weighted by Gasteiger charge is 2.41. The van der Waals surface area contributed by atoms with Gasteiger partial charge in [-0.05, 0) is 74.6 Å². The molecule has 3 fully saturated rings. The average Bonchev–Trinajstić information content (AvgIpc) is 3.66. The summed E-state index contributed by atoms with van der Waals surface area (Å²) >= 11 is 0. The van der Waals surface area contributed by atoms with Crippen molar-refractivity contribution >= 4 is 32.8 Å². The van der Waals surface area contributed by atoms with Gasteiger partial charge in [0, 0.05) is 49.1 Å². The van der Waals surface area contributed by atoms with Crippen LogP contribution in [-0.4, -0.2) is 66.7 Å². The molecule has 0 unspecified atom stereocenters. The van der Waals surface area contributed by atoms with Crippen molar-refractivity contribution in [3.05, 3.63) is 30.0 Å². The van der Waals surface area contributed by atoms with Crippen LogP contribution in [0.1, 0.15) is 50.5 Å². The van der Waals surface area contributed by atoms with Gasteiger partial charge in [0.25, 0.3) is 0 Å². The number of ether oxygens (including phenoxy) is 1. The molecular weight excluding hydrogens is 482 g/mol. The fourth-order valence-electron chi connectivity index (χ4n) is 5.81. The van der Waals surface area contributed by atoms with Crippen molar-refractivity contribution in [3.63, 3.8) is 0 Å². The minimum Gasteiger partial charge on any atom is -0.481 e. The number of morpholine rings is 1. The summed E-state index contributed by atoms with van der Waals surface area (Å²) in [6.45, 7) is 1.88. The zero-order valence-electron chi connectivity index (χ0n) is 20.7. The Kier molecular flexibility index (Phi) is 7.11. The zero-order valence-corrected chi connectivity index (χ0v) is 21.5. The predicted octanol–water partition coefficient (Wildman–Crippen LogP) is 2.67. The van der Waals surface area contributed by atoms with E-state index in [1.807, 2.05) is 22.7 Å². The SMILES string of the molecule is Cn1cc(CCC(=O)O)c2cc(S(=O)(=O)N[C@H]3CC[C@H](C(=O)N4CCOC[C@@H]4C4CC4)CC3)ccc21. The molecule has 1 saturated heterocycles. The van der Waals surface area contributed by atoms with Gasteiger partial charge in [0.15, 0.2) is 0 Å². The van der Waals surface area contributed by atoms with Gasteiger partial charge in [0.05, 0.1) is 24.2 Å². The van der Waals surface area contributed by atoms with Crippen LogP contribution < -0.4 is 4.72 Å². The first-order valence-electron chi connectivity index (χ1n) is 12.9. The number of fused-ring (bicyclic) bond motifs is 1. The third-order valence-electron chi connectivity index (χ3n) is 7.97. The number of rotatable bonds is 8. The summed E-state index contributed by atoms with van der Waals surface area (Å²) in [5.41, 5.74) is 1.68. The molecular formula is C26H35N3O6S. The zero-order chi connectivity index (χ0) is 25.4. The van der Waals surface area contributed by atoms with E-state index in [0.717, 1.165) is 16.5 Å². The number of carboxylic acids is 1. The summed E-state index contributed by atoms with van der Waals surface area (Å²) in [6.07, 6.45) is 7.14. The van der Waals surface area contributed by atoms with Crippen LogP contribution in [0.2, 0.25) is 0 Å². The minimum absolute atomic E-state index is 0.0117. The Bertz CT molecular complexity index is 1240. The maximum absolute atomic E-state index is 13.3. The molecule has 9 nitrogen and oxygen atoms in total. The number of hydrogen-bond donors (Lipinski definition) is 2. The highest BCUT2D eigenvalue weighted by atomic mass is 32.2. The van der Waals surface area contributed by atoms with Crippen LogP contribution in [0.5, 0.6) is 0 Å². The molecule has 2 N–H and O–H groups in total. The molecule has 2 aromatic rings. The highest BCUT2D eigenvalue weighted by Crippen LogP contribution is 2.38. The number of carbonyl (C=O) groups is 2. The lowest BCUT2D eigenvalue weighted by Gasteiger charge is -2.39. The first-order valence-corrected chi connectivity index (χ1v) is 14.4. The maximum atomic E-state index is 13.3. The van der Waals surface area contributed by atoms with Crippen LogP contribution in [0.3, 0.4) is 0 Å². The van der Waals surface area contributed by atoms with Gasteiger partial charge < -0.3 is 19.3 Å². The summed E-state index contributed by atoms with van der Waals surface area (Å²) in [7, 11) is -1.88. The van der Waals surface area contributed by atoms with Crippen molar-refractivity contribution in [2.45, 2.75) is 68.3 Å². The lowest BCUT2D eigenvalue weighted by Crippen LogP contribution is -2.52. The normalized spacial score (nSPS) is 25.2. The number of hydrogen-bond acceptors (Lipinski definition) is 5. The second kappa shape index (κ2) is 10.1. The summed E-state index contributed by atoms with van der Waals surface area (Å²) in [5.74, 6) is -0.158. The van der Waals surface area contributed by atoms with Gasteiger partial charge in [-0.25, -0.2) is 13.1 Å². The molecule has 2 aliphatic carbocycles. The van der Waals surface area contributed by atoms with E-state index in [0.29, 0.717) is 57.8 Å².